The van der Waals surface area contributed by atoms with Crippen molar-refractivity contribution >= 4 is 11.9 Å². The van der Waals surface area contributed by atoms with Gasteiger partial charge < -0.3 is 9.47 Å². The zero-order valence-corrected chi connectivity index (χ0v) is 17.6. The second-order valence-electron chi connectivity index (χ2n) is 7.65. The fourth-order valence-electron chi connectivity index (χ4n) is 4.03. The highest BCUT2D eigenvalue weighted by Gasteiger charge is 2.40. The molecule has 156 valence electrons. The molecule has 1 aliphatic heterocycles. The van der Waals surface area contributed by atoms with Gasteiger partial charge in [0.15, 0.2) is 0 Å². The van der Waals surface area contributed by atoms with Crippen LogP contribution in [0, 0.1) is 5.92 Å². The number of fused-ring (bicyclic) bond motifs is 1. The standard InChI is InChI=1S/C23H26N4O3/c1-15(2)22(28)26-19(16-9-11-17(29-3)12-10-16)13-20(27-23(26)24-14-25-27)18-7-5-6-8-21(18)30-4/h5-12,14-15,19-20H,13H2,1-4H3/t19-,20-/m0/s1. The van der Waals surface area contributed by atoms with Gasteiger partial charge in [0.1, 0.15) is 17.8 Å². The number of methoxy groups -OCH3 is 2. The molecule has 3 aromatic rings. The Morgan fingerprint density at radius 1 is 1.03 bits per heavy atom. The number of carbonyl (C=O) groups excluding carboxylic acids is 1. The first kappa shape index (κ1) is 19.9. The summed E-state index contributed by atoms with van der Waals surface area (Å²) >= 11 is 0. The van der Waals surface area contributed by atoms with Crippen LogP contribution in [0.25, 0.3) is 0 Å². The Kier molecular flexibility index (Phi) is 5.44. The fourth-order valence-corrected chi connectivity index (χ4v) is 4.03. The van der Waals surface area contributed by atoms with Crippen LogP contribution in [-0.2, 0) is 4.79 Å². The van der Waals surface area contributed by atoms with E-state index in [1.807, 2.05) is 67.1 Å². The normalized spacial score (nSPS) is 18.2. The average molecular weight is 406 g/mol. The van der Waals surface area contributed by atoms with Crippen molar-refractivity contribution in [2.45, 2.75) is 32.4 Å². The van der Waals surface area contributed by atoms with Gasteiger partial charge in [-0.15, -0.1) is 0 Å². The summed E-state index contributed by atoms with van der Waals surface area (Å²) in [7, 11) is 3.31. The van der Waals surface area contributed by atoms with Crippen LogP contribution in [-0.4, -0.2) is 34.9 Å². The highest BCUT2D eigenvalue weighted by molar-refractivity contribution is 5.94. The first-order valence-corrected chi connectivity index (χ1v) is 10.0. The van der Waals surface area contributed by atoms with Gasteiger partial charge in [-0.3, -0.25) is 9.69 Å². The van der Waals surface area contributed by atoms with E-state index in [9.17, 15) is 4.79 Å². The molecule has 0 unspecified atom stereocenters. The lowest BCUT2D eigenvalue weighted by atomic mass is 9.90. The second-order valence-corrected chi connectivity index (χ2v) is 7.65. The van der Waals surface area contributed by atoms with E-state index in [0.29, 0.717) is 12.4 Å². The zero-order valence-electron chi connectivity index (χ0n) is 17.6. The molecule has 0 bridgehead atoms. The van der Waals surface area contributed by atoms with E-state index in [1.54, 1.807) is 19.1 Å². The molecule has 4 rings (SSSR count). The summed E-state index contributed by atoms with van der Waals surface area (Å²) in [4.78, 5) is 19.5. The maximum Gasteiger partial charge on any atom is 0.232 e. The van der Waals surface area contributed by atoms with Gasteiger partial charge in [-0.05, 0) is 30.2 Å². The molecule has 2 heterocycles. The fraction of sp³-hybridized carbons (Fsp3) is 0.348. The van der Waals surface area contributed by atoms with Crippen LogP contribution in [0.15, 0.2) is 54.9 Å². The number of nitrogens with zero attached hydrogens (tertiary/aromatic N) is 4. The van der Waals surface area contributed by atoms with Crippen molar-refractivity contribution in [3.8, 4) is 11.5 Å². The number of rotatable bonds is 5. The first-order chi connectivity index (χ1) is 14.5. The number of anilines is 1. The van der Waals surface area contributed by atoms with Crippen molar-refractivity contribution < 1.29 is 14.3 Å². The van der Waals surface area contributed by atoms with Crippen molar-refractivity contribution in [2.24, 2.45) is 5.92 Å². The van der Waals surface area contributed by atoms with E-state index in [2.05, 4.69) is 10.1 Å². The number of carbonyl (C=O) groups is 1. The highest BCUT2D eigenvalue weighted by atomic mass is 16.5. The van der Waals surface area contributed by atoms with E-state index in [0.717, 1.165) is 22.6 Å². The minimum Gasteiger partial charge on any atom is -0.497 e. The third-order valence-corrected chi connectivity index (χ3v) is 5.55. The molecular weight excluding hydrogens is 380 g/mol. The monoisotopic (exact) mass is 406 g/mol. The third-order valence-electron chi connectivity index (χ3n) is 5.55. The second kappa shape index (κ2) is 8.18. The van der Waals surface area contributed by atoms with Gasteiger partial charge >= 0.3 is 0 Å². The molecule has 1 aliphatic rings. The summed E-state index contributed by atoms with van der Waals surface area (Å²) in [5.41, 5.74) is 2.04. The van der Waals surface area contributed by atoms with E-state index >= 15 is 0 Å². The lowest BCUT2D eigenvalue weighted by Crippen LogP contribution is -2.44. The van der Waals surface area contributed by atoms with Gasteiger partial charge in [-0.1, -0.05) is 44.2 Å². The molecule has 1 aromatic heterocycles. The first-order valence-electron chi connectivity index (χ1n) is 10.0. The Balaban J connectivity index is 1.85. The van der Waals surface area contributed by atoms with Crippen LogP contribution in [0.1, 0.15) is 43.5 Å². The quantitative estimate of drug-likeness (QED) is 0.640. The van der Waals surface area contributed by atoms with Gasteiger partial charge in [0.2, 0.25) is 11.9 Å². The van der Waals surface area contributed by atoms with Crippen molar-refractivity contribution in [2.75, 3.05) is 19.1 Å². The molecule has 7 nitrogen and oxygen atoms in total. The van der Waals surface area contributed by atoms with Crippen LogP contribution >= 0.6 is 0 Å². The minimum atomic E-state index is -0.183. The van der Waals surface area contributed by atoms with Crippen LogP contribution < -0.4 is 14.4 Å². The number of hydrogen-bond donors (Lipinski definition) is 0. The summed E-state index contributed by atoms with van der Waals surface area (Å²) in [6.07, 6.45) is 2.16. The molecule has 1 amide bonds. The van der Waals surface area contributed by atoms with Gasteiger partial charge in [0, 0.05) is 11.5 Å². The summed E-state index contributed by atoms with van der Waals surface area (Å²) in [5.74, 6) is 1.97. The van der Waals surface area contributed by atoms with Gasteiger partial charge in [0.05, 0.1) is 26.3 Å². The van der Waals surface area contributed by atoms with Crippen molar-refractivity contribution in [3.63, 3.8) is 0 Å². The zero-order chi connectivity index (χ0) is 21.3. The van der Waals surface area contributed by atoms with E-state index < -0.39 is 0 Å². The smallest absolute Gasteiger partial charge is 0.232 e. The molecule has 30 heavy (non-hydrogen) atoms. The van der Waals surface area contributed by atoms with E-state index in [-0.39, 0.29) is 23.9 Å². The van der Waals surface area contributed by atoms with E-state index in [4.69, 9.17) is 9.47 Å². The van der Waals surface area contributed by atoms with Crippen LogP contribution in [0.2, 0.25) is 0 Å². The highest BCUT2D eigenvalue weighted by Crippen LogP contribution is 2.44. The maximum absolute atomic E-state index is 13.2. The molecule has 2 aromatic carbocycles. The van der Waals surface area contributed by atoms with Crippen LogP contribution in [0.3, 0.4) is 0 Å². The Bertz CT molecular complexity index is 1030. The van der Waals surface area contributed by atoms with Crippen molar-refractivity contribution in [1.82, 2.24) is 14.8 Å². The molecular formula is C23H26N4O3. The summed E-state index contributed by atoms with van der Waals surface area (Å²) in [6.45, 7) is 3.81. The lowest BCUT2D eigenvalue weighted by molar-refractivity contribution is -0.122. The third kappa shape index (κ3) is 3.40. The Labute approximate surface area is 176 Å². The van der Waals surface area contributed by atoms with Crippen molar-refractivity contribution in [3.05, 3.63) is 66.0 Å². The summed E-state index contributed by atoms with van der Waals surface area (Å²) in [6, 6.07) is 15.5. The SMILES string of the molecule is COc1ccc([C@@H]2C[C@@H](c3ccccc3OC)n3ncnc3N2C(=O)C(C)C)cc1. The molecule has 2 atom stereocenters. The largest absolute Gasteiger partial charge is 0.497 e. The summed E-state index contributed by atoms with van der Waals surface area (Å²) < 4.78 is 12.8. The van der Waals surface area contributed by atoms with Gasteiger partial charge in [-0.25, -0.2) is 4.68 Å². The number of benzene rings is 2. The maximum atomic E-state index is 13.2. The minimum absolute atomic E-state index is 0.0172. The molecule has 0 aliphatic carbocycles. The number of para-hydroxylation sites is 1. The predicted octanol–water partition coefficient (Wildman–Crippen LogP) is 4.02. The summed E-state index contributed by atoms with van der Waals surface area (Å²) in [5, 5.41) is 4.47. The molecule has 0 radical (unpaired) electrons. The lowest BCUT2D eigenvalue weighted by Gasteiger charge is -2.40. The number of hydrogen-bond acceptors (Lipinski definition) is 5. The topological polar surface area (TPSA) is 69.5 Å². The molecule has 0 spiro atoms. The molecule has 7 heteroatoms. The molecule has 0 saturated heterocycles. The Morgan fingerprint density at radius 3 is 2.43 bits per heavy atom. The van der Waals surface area contributed by atoms with Gasteiger partial charge in [-0.2, -0.15) is 10.1 Å². The molecule has 0 fully saturated rings. The van der Waals surface area contributed by atoms with Crippen LogP contribution in [0.4, 0.5) is 5.95 Å². The Morgan fingerprint density at radius 2 is 1.77 bits per heavy atom. The predicted molar refractivity (Wildman–Crippen MR) is 114 cm³/mol. The Hall–Kier alpha value is -3.35. The van der Waals surface area contributed by atoms with Crippen molar-refractivity contribution in [1.29, 1.82) is 0 Å². The number of ether oxygens (including phenoxy) is 2. The van der Waals surface area contributed by atoms with Crippen LogP contribution in [0.5, 0.6) is 11.5 Å². The van der Waals surface area contributed by atoms with E-state index in [1.165, 1.54) is 6.33 Å². The molecule has 0 N–H and O–H groups in total. The average Bonchev–Trinajstić information content (AvgIpc) is 3.27. The van der Waals surface area contributed by atoms with Gasteiger partial charge in [0.25, 0.3) is 0 Å². The number of aromatic nitrogens is 3. The molecule has 0 saturated carbocycles. The number of amides is 1.